The van der Waals surface area contributed by atoms with E-state index in [1.54, 1.807) is 0 Å². The number of hydrogen-bond acceptors (Lipinski definition) is 1. The van der Waals surface area contributed by atoms with E-state index in [1.165, 1.54) is 32.1 Å². The molecule has 0 aromatic carbocycles. The molecule has 0 aromatic rings. The van der Waals surface area contributed by atoms with E-state index in [0.717, 1.165) is 5.54 Å². The summed E-state index contributed by atoms with van der Waals surface area (Å²) in [4.78, 5) is 0. The lowest BCUT2D eigenvalue weighted by atomic mass is 10.0. The van der Waals surface area contributed by atoms with Gasteiger partial charge in [-0.1, -0.05) is 19.3 Å². The SMILES string of the molecule is CO[SiH+]C1CCCCC1. The molecule has 0 aliphatic heterocycles. The Kier molecular flexibility index (Phi) is 3.29. The highest BCUT2D eigenvalue weighted by molar-refractivity contribution is 6.29. The van der Waals surface area contributed by atoms with Gasteiger partial charge in [0.15, 0.2) is 0 Å². The molecule has 2 heteroatoms. The second-order valence-corrected chi connectivity index (χ2v) is 4.46. The van der Waals surface area contributed by atoms with Gasteiger partial charge in [-0.15, -0.1) is 0 Å². The van der Waals surface area contributed by atoms with Gasteiger partial charge < -0.3 is 0 Å². The van der Waals surface area contributed by atoms with Gasteiger partial charge in [0.05, 0.1) is 12.7 Å². The second kappa shape index (κ2) is 4.07. The Labute approximate surface area is 59.7 Å². The molecule has 9 heavy (non-hydrogen) atoms. The lowest BCUT2D eigenvalue weighted by Gasteiger charge is -2.12. The van der Waals surface area contributed by atoms with Crippen LogP contribution >= 0.6 is 0 Å². The zero-order valence-corrected chi connectivity index (χ0v) is 7.25. The van der Waals surface area contributed by atoms with Crippen molar-refractivity contribution in [3.63, 3.8) is 0 Å². The van der Waals surface area contributed by atoms with E-state index in [-0.39, 0.29) is 0 Å². The first-order valence-corrected chi connectivity index (χ1v) is 4.93. The highest BCUT2D eigenvalue weighted by atomic mass is 28.2. The van der Waals surface area contributed by atoms with E-state index in [0.29, 0.717) is 9.76 Å². The van der Waals surface area contributed by atoms with Crippen molar-refractivity contribution >= 4 is 9.76 Å². The van der Waals surface area contributed by atoms with Crippen molar-refractivity contribution in [3.05, 3.63) is 0 Å². The fourth-order valence-corrected chi connectivity index (χ4v) is 2.59. The molecule has 0 amide bonds. The molecule has 1 rings (SSSR count). The number of hydrogen-bond donors (Lipinski definition) is 0. The maximum Gasteiger partial charge on any atom is 0.461 e. The second-order valence-electron chi connectivity index (χ2n) is 2.77. The molecule has 0 atom stereocenters. The average molecular weight is 143 g/mol. The fraction of sp³-hybridized carbons (Fsp3) is 1.00. The van der Waals surface area contributed by atoms with Crippen molar-refractivity contribution in [1.29, 1.82) is 0 Å². The van der Waals surface area contributed by atoms with Gasteiger partial charge in [0.1, 0.15) is 0 Å². The van der Waals surface area contributed by atoms with E-state index < -0.39 is 0 Å². The minimum absolute atomic E-state index is 0.320. The molecular formula is C7H15OSi+. The van der Waals surface area contributed by atoms with Crippen molar-refractivity contribution in [3.8, 4) is 0 Å². The summed E-state index contributed by atoms with van der Waals surface area (Å²) < 4.78 is 5.16. The first kappa shape index (κ1) is 7.29. The summed E-state index contributed by atoms with van der Waals surface area (Å²) in [5.41, 5.74) is 0.962. The first-order chi connectivity index (χ1) is 4.43. The molecular weight excluding hydrogens is 128 g/mol. The van der Waals surface area contributed by atoms with E-state index in [1.807, 2.05) is 7.11 Å². The first-order valence-electron chi connectivity index (χ1n) is 3.79. The van der Waals surface area contributed by atoms with Crippen LogP contribution in [0.1, 0.15) is 32.1 Å². The van der Waals surface area contributed by atoms with Gasteiger partial charge in [0, 0.05) is 0 Å². The summed E-state index contributed by atoms with van der Waals surface area (Å²) in [7, 11) is 2.16. The van der Waals surface area contributed by atoms with E-state index in [9.17, 15) is 0 Å². The molecule has 1 saturated carbocycles. The average Bonchev–Trinajstić information content (AvgIpc) is 1.91. The minimum atomic E-state index is 0.320. The van der Waals surface area contributed by atoms with Crippen LogP contribution in [0.15, 0.2) is 0 Å². The standard InChI is InChI=1S/C7H15OSi/c1-8-9-7-5-3-2-4-6-7/h7,9H,2-6H2,1H3/q+1. The summed E-state index contributed by atoms with van der Waals surface area (Å²) in [5.74, 6) is 0. The highest BCUT2D eigenvalue weighted by Crippen LogP contribution is 2.27. The van der Waals surface area contributed by atoms with Gasteiger partial charge in [-0.05, 0) is 12.8 Å². The normalized spacial score (nSPS) is 21.9. The topological polar surface area (TPSA) is 9.23 Å². The lowest BCUT2D eigenvalue weighted by Crippen LogP contribution is -2.09. The molecule has 0 unspecified atom stereocenters. The Morgan fingerprint density at radius 3 is 2.44 bits per heavy atom. The van der Waals surface area contributed by atoms with E-state index >= 15 is 0 Å². The van der Waals surface area contributed by atoms with Gasteiger partial charge in [0.2, 0.25) is 0 Å². The summed E-state index contributed by atoms with van der Waals surface area (Å²) in [6.45, 7) is 0. The third-order valence-corrected chi connectivity index (χ3v) is 3.30. The highest BCUT2D eigenvalue weighted by Gasteiger charge is 2.22. The van der Waals surface area contributed by atoms with Crippen molar-refractivity contribution in [1.82, 2.24) is 0 Å². The van der Waals surface area contributed by atoms with Crippen molar-refractivity contribution < 1.29 is 4.43 Å². The van der Waals surface area contributed by atoms with E-state index in [2.05, 4.69) is 0 Å². The van der Waals surface area contributed by atoms with Crippen LogP contribution in [0, 0.1) is 0 Å². The molecule has 0 heterocycles. The molecule has 1 aliphatic rings. The molecule has 0 spiro atoms. The monoisotopic (exact) mass is 143 g/mol. The van der Waals surface area contributed by atoms with Gasteiger partial charge in [0.25, 0.3) is 0 Å². The Balaban J connectivity index is 2.08. The summed E-state index contributed by atoms with van der Waals surface area (Å²) >= 11 is 0. The quantitative estimate of drug-likeness (QED) is 0.535. The van der Waals surface area contributed by atoms with Gasteiger partial charge in [-0.25, -0.2) is 4.43 Å². The molecule has 52 valence electrons. The molecule has 0 N–H and O–H groups in total. The van der Waals surface area contributed by atoms with Gasteiger partial charge in [-0.3, -0.25) is 0 Å². The van der Waals surface area contributed by atoms with Gasteiger partial charge >= 0.3 is 9.76 Å². The largest absolute Gasteiger partial charge is 0.461 e. The van der Waals surface area contributed by atoms with Crippen molar-refractivity contribution in [2.24, 2.45) is 0 Å². The fourth-order valence-electron chi connectivity index (χ4n) is 1.46. The Bertz CT molecular complexity index is 66.6. The van der Waals surface area contributed by atoms with Crippen LogP contribution in [0.5, 0.6) is 0 Å². The van der Waals surface area contributed by atoms with Gasteiger partial charge in [-0.2, -0.15) is 0 Å². The molecule has 0 radical (unpaired) electrons. The summed E-state index contributed by atoms with van der Waals surface area (Å²) in [6.07, 6.45) is 7.22. The smallest absolute Gasteiger partial charge is 0.234 e. The van der Waals surface area contributed by atoms with Crippen LogP contribution in [-0.2, 0) is 4.43 Å². The minimum Gasteiger partial charge on any atom is -0.234 e. The van der Waals surface area contributed by atoms with Crippen LogP contribution in [-0.4, -0.2) is 16.9 Å². The van der Waals surface area contributed by atoms with Crippen LogP contribution in [0.3, 0.4) is 0 Å². The molecule has 1 nitrogen and oxygen atoms in total. The third-order valence-electron chi connectivity index (χ3n) is 1.98. The molecule has 0 aromatic heterocycles. The maximum absolute atomic E-state index is 5.16. The third kappa shape index (κ3) is 2.50. The zero-order chi connectivity index (χ0) is 6.53. The zero-order valence-electron chi connectivity index (χ0n) is 6.10. The Morgan fingerprint density at radius 1 is 1.22 bits per heavy atom. The molecule has 0 bridgehead atoms. The van der Waals surface area contributed by atoms with Crippen LogP contribution in [0.2, 0.25) is 5.54 Å². The Hall–Kier alpha value is 0.177. The number of rotatable bonds is 2. The van der Waals surface area contributed by atoms with Crippen LogP contribution in [0.4, 0.5) is 0 Å². The predicted octanol–water partition coefficient (Wildman–Crippen LogP) is 1.74. The molecule has 0 saturated heterocycles. The Morgan fingerprint density at radius 2 is 1.89 bits per heavy atom. The van der Waals surface area contributed by atoms with Crippen molar-refractivity contribution in [2.75, 3.05) is 7.11 Å². The summed E-state index contributed by atoms with van der Waals surface area (Å²) in [5, 5.41) is 0. The molecule has 1 fully saturated rings. The maximum atomic E-state index is 5.16. The molecule has 1 aliphatic carbocycles. The van der Waals surface area contributed by atoms with Crippen LogP contribution in [0.25, 0.3) is 0 Å². The lowest BCUT2D eigenvalue weighted by molar-refractivity contribution is 0.401. The summed E-state index contributed by atoms with van der Waals surface area (Å²) in [6, 6.07) is 0. The van der Waals surface area contributed by atoms with Crippen molar-refractivity contribution in [2.45, 2.75) is 37.6 Å². The van der Waals surface area contributed by atoms with Crippen LogP contribution < -0.4 is 0 Å². The predicted molar refractivity (Wildman–Crippen MR) is 41.0 cm³/mol. The van der Waals surface area contributed by atoms with E-state index in [4.69, 9.17) is 4.43 Å².